The number of H-pyrrole nitrogens is 1. The smallest absolute Gasteiger partial charge is 0.137 e. The summed E-state index contributed by atoms with van der Waals surface area (Å²) in [5.41, 5.74) is 2.21. The number of nitrogens with zero attached hydrogens (tertiary/aromatic N) is 3. The summed E-state index contributed by atoms with van der Waals surface area (Å²) in [5.74, 6) is 0. The third kappa shape index (κ3) is 1.65. The van der Waals surface area contributed by atoms with Crippen molar-refractivity contribution in [1.29, 1.82) is 0 Å². The van der Waals surface area contributed by atoms with Crippen molar-refractivity contribution in [2.24, 2.45) is 0 Å². The number of rotatable bonds is 1. The van der Waals surface area contributed by atoms with Crippen LogP contribution < -0.4 is 4.90 Å². The molecule has 3 heterocycles. The molecular weight excluding hydrogens is 200 g/mol. The molecule has 0 aromatic carbocycles. The Morgan fingerprint density at radius 2 is 2.06 bits per heavy atom. The van der Waals surface area contributed by atoms with Crippen LogP contribution >= 0.6 is 0 Å². The summed E-state index contributed by atoms with van der Waals surface area (Å²) in [6, 6.07) is 4.28. The molecule has 1 N–H and O–H groups in total. The molecule has 1 aliphatic rings. The molecule has 3 rings (SSSR count). The van der Waals surface area contributed by atoms with Gasteiger partial charge in [-0.15, -0.1) is 0 Å². The minimum Gasteiger partial charge on any atom is -0.368 e. The zero-order valence-corrected chi connectivity index (χ0v) is 9.48. The minimum absolute atomic E-state index is 0.970. The van der Waals surface area contributed by atoms with Crippen LogP contribution in [0, 0.1) is 0 Å². The molecule has 16 heavy (non-hydrogen) atoms. The van der Waals surface area contributed by atoms with Gasteiger partial charge in [0, 0.05) is 37.8 Å². The normalized spacial score (nSPS) is 18.2. The summed E-state index contributed by atoms with van der Waals surface area (Å²) < 4.78 is 0. The SMILES string of the molecule is CN1CCN(c2cnc3[nH]ccc3c2)CC1. The van der Waals surface area contributed by atoms with Crippen molar-refractivity contribution in [3.05, 3.63) is 24.5 Å². The van der Waals surface area contributed by atoms with Gasteiger partial charge in [0.25, 0.3) is 0 Å². The predicted octanol–water partition coefficient (Wildman–Crippen LogP) is 1.31. The fourth-order valence-corrected chi connectivity index (χ4v) is 2.17. The summed E-state index contributed by atoms with van der Waals surface area (Å²) in [4.78, 5) is 12.3. The molecule has 4 heteroatoms. The maximum absolute atomic E-state index is 4.42. The number of fused-ring (bicyclic) bond motifs is 1. The van der Waals surface area contributed by atoms with Gasteiger partial charge >= 0.3 is 0 Å². The van der Waals surface area contributed by atoms with Gasteiger partial charge in [-0.3, -0.25) is 0 Å². The van der Waals surface area contributed by atoms with E-state index < -0.39 is 0 Å². The Kier molecular flexibility index (Phi) is 2.29. The first-order chi connectivity index (χ1) is 7.83. The Labute approximate surface area is 94.9 Å². The van der Waals surface area contributed by atoms with E-state index in [9.17, 15) is 0 Å². The second-order valence-electron chi connectivity index (χ2n) is 4.40. The van der Waals surface area contributed by atoms with Crippen molar-refractivity contribution in [2.75, 3.05) is 38.1 Å². The molecule has 0 bridgehead atoms. The molecular formula is C12H16N4. The fraction of sp³-hybridized carbons (Fsp3) is 0.417. The van der Waals surface area contributed by atoms with E-state index in [1.165, 1.54) is 11.1 Å². The van der Waals surface area contributed by atoms with E-state index in [-0.39, 0.29) is 0 Å². The highest BCUT2D eigenvalue weighted by Gasteiger charge is 2.14. The minimum atomic E-state index is 0.970. The molecule has 4 nitrogen and oxygen atoms in total. The number of pyridine rings is 1. The molecule has 0 radical (unpaired) electrons. The van der Waals surface area contributed by atoms with Crippen molar-refractivity contribution in [1.82, 2.24) is 14.9 Å². The fourth-order valence-electron chi connectivity index (χ4n) is 2.17. The van der Waals surface area contributed by atoms with E-state index >= 15 is 0 Å². The number of hydrogen-bond donors (Lipinski definition) is 1. The zero-order valence-electron chi connectivity index (χ0n) is 9.48. The monoisotopic (exact) mass is 216 g/mol. The number of aromatic nitrogens is 2. The molecule has 1 fully saturated rings. The highest BCUT2D eigenvalue weighted by molar-refractivity contribution is 5.79. The highest BCUT2D eigenvalue weighted by atomic mass is 15.2. The summed E-state index contributed by atoms with van der Waals surface area (Å²) in [5, 5.41) is 1.19. The number of hydrogen-bond acceptors (Lipinski definition) is 3. The maximum Gasteiger partial charge on any atom is 0.137 e. The van der Waals surface area contributed by atoms with Crippen LogP contribution in [0.2, 0.25) is 0 Å². The van der Waals surface area contributed by atoms with Crippen molar-refractivity contribution >= 4 is 16.7 Å². The number of aromatic amines is 1. The van der Waals surface area contributed by atoms with Crippen LogP contribution in [-0.2, 0) is 0 Å². The third-order valence-electron chi connectivity index (χ3n) is 3.25. The van der Waals surface area contributed by atoms with Crippen LogP contribution in [0.3, 0.4) is 0 Å². The van der Waals surface area contributed by atoms with Crippen LogP contribution in [0.1, 0.15) is 0 Å². The molecule has 0 aliphatic carbocycles. The number of piperazine rings is 1. The van der Waals surface area contributed by atoms with Gasteiger partial charge in [-0.1, -0.05) is 0 Å². The van der Waals surface area contributed by atoms with E-state index in [4.69, 9.17) is 0 Å². The first kappa shape index (κ1) is 9.66. The lowest BCUT2D eigenvalue weighted by Crippen LogP contribution is -2.44. The van der Waals surface area contributed by atoms with Crippen LogP contribution in [0.15, 0.2) is 24.5 Å². The van der Waals surface area contributed by atoms with Crippen LogP contribution in [-0.4, -0.2) is 48.1 Å². The quantitative estimate of drug-likeness (QED) is 0.780. The summed E-state index contributed by atoms with van der Waals surface area (Å²) >= 11 is 0. The molecule has 1 aliphatic heterocycles. The average Bonchev–Trinajstić information content (AvgIpc) is 2.77. The first-order valence-electron chi connectivity index (χ1n) is 5.69. The Hall–Kier alpha value is -1.55. The van der Waals surface area contributed by atoms with Crippen molar-refractivity contribution in [3.8, 4) is 0 Å². The average molecular weight is 216 g/mol. The van der Waals surface area contributed by atoms with E-state index in [1.807, 2.05) is 12.4 Å². The maximum atomic E-state index is 4.42. The predicted molar refractivity (Wildman–Crippen MR) is 65.8 cm³/mol. The van der Waals surface area contributed by atoms with Crippen molar-refractivity contribution in [3.63, 3.8) is 0 Å². The van der Waals surface area contributed by atoms with Crippen LogP contribution in [0.5, 0.6) is 0 Å². The lowest BCUT2D eigenvalue weighted by Gasteiger charge is -2.33. The molecule has 0 atom stereocenters. The third-order valence-corrected chi connectivity index (χ3v) is 3.25. The summed E-state index contributed by atoms with van der Waals surface area (Å²) in [6.07, 6.45) is 3.90. The van der Waals surface area contributed by atoms with E-state index in [1.54, 1.807) is 0 Å². The molecule has 84 valence electrons. The van der Waals surface area contributed by atoms with E-state index in [0.29, 0.717) is 0 Å². The highest BCUT2D eigenvalue weighted by Crippen LogP contribution is 2.19. The van der Waals surface area contributed by atoms with Crippen molar-refractivity contribution in [2.45, 2.75) is 0 Å². The molecule has 0 spiro atoms. The van der Waals surface area contributed by atoms with Gasteiger partial charge in [-0.05, 0) is 19.2 Å². The molecule has 2 aromatic rings. The first-order valence-corrected chi connectivity index (χ1v) is 5.69. The lowest BCUT2D eigenvalue weighted by atomic mass is 10.2. The van der Waals surface area contributed by atoms with Crippen LogP contribution in [0.4, 0.5) is 5.69 Å². The number of nitrogens with one attached hydrogen (secondary N) is 1. The van der Waals surface area contributed by atoms with Gasteiger partial charge < -0.3 is 14.8 Å². The topological polar surface area (TPSA) is 35.2 Å². The van der Waals surface area contributed by atoms with Crippen LogP contribution in [0.25, 0.3) is 11.0 Å². The van der Waals surface area contributed by atoms with Crippen molar-refractivity contribution < 1.29 is 0 Å². The second kappa shape index (κ2) is 3.79. The molecule has 0 unspecified atom stereocenters. The second-order valence-corrected chi connectivity index (χ2v) is 4.40. The van der Waals surface area contributed by atoms with Gasteiger partial charge in [0.2, 0.25) is 0 Å². The largest absolute Gasteiger partial charge is 0.368 e. The Morgan fingerprint density at radius 3 is 2.88 bits per heavy atom. The molecule has 0 amide bonds. The van der Waals surface area contributed by atoms with Gasteiger partial charge in [0.05, 0.1) is 11.9 Å². The zero-order chi connectivity index (χ0) is 11.0. The standard InChI is InChI=1S/C12H16N4/c1-15-4-6-16(7-5-15)11-8-10-2-3-13-12(10)14-9-11/h2-3,8-9H,4-7H2,1H3,(H,13,14). The Bertz CT molecular complexity index is 482. The molecule has 2 aromatic heterocycles. The summed E-state index contributed by atoms with van der Waals surface area (Å²) in [6.45, 7) is 4.44. The van der Waals surface area contributed by atoms with Gasteiger partial charge in [-0.25, -0.2) is 4.98 Å². The number of likely N-dealkylation sites (N-methyl/N-ethyl adjacent to an activating group) is 1. The molecule has 1 saturated heterocycles. The Balaban J connectivity index is 1.87. The van der Waals surface area contributed by atoms with Gasteiger partial charge in [0.15, 0.2) is 0 Å². The van der Waals surface area contributed by atoms with Gasteiger partial charge in [-0.2, -0.15) is 0 Å². The van der Waals surface area contributed by atoms with Gasteiger partial charge in [0.1, 0.15) is 5.65 Å². The van der Waals surface area contributed by atoms with E-state index in [0.717, 1.165) is 31.8 Å². The summed E-state index contributed by atoms with van der Waals surface area (Å²) in [7, 11) is 2.17. The molecule has 0 saturated carbocycles. The van der Waals surface area contributed by atoms with E-state index in [2.05, 4.69) is 38.9 Å². The lowest BCUT2D eigenvalue weighted by molar-refractivity contribution is 0.313. The Morgan fingerprint density at radius 1 is 1.25 bits per heavy atom. The number of anilines is 1.